The Bertz CT molecular complexity index is 1060. The molecule has 0 aliphatic heterocycles. The molecular weight excluding hydrogens is 458 g/mol. The Labute approximate surface area is 175 Å². The average molecular weight is 467 g/mol. The predicted octanol–water partition coefficient (Wildman–Crippen LogP) is 5.96. The van der Waals surface area contributed by atoms with Crippen LogP contribution in [-0.4, -0.2) is 22.5 Å². The first kappa shape index (κ1) is 22.0. The lowest BCUT2D eigenvalue weighted by molar-refractivity contribution is -0.137. The van der Waals surface area contributed by atoms with Gasteiger partial charge in [-0.05, 0) is 29.8 Å². The van der Waals surface area contributed by atoms with Gasteiger partial charge in [0.1, 0.15) is 5.75 Å². The van der Waals surface area contributed by atoms with Gasteiger partial charge in [-0.25, -0.2) is 0 Å². The summed E-state index contributed by atoms with van der Waals surface area (Å²) in [5.74, 6) is -1.72. The van der Waals surface area contributed by atoms with Gasteiger partial charge in [0.15, 0.2) is 12.4 Å². The van der Waals surface area contributed by atoms with Crippen LogP contribution in [0.2, 0.25) is 5.02 Å². The molecule has 0 saturated heterocycles. The van der Waals surface area contributed by atoms with Crippen molar-refractivity contribution < 1.29 is 36.0 Å². The largest absolute Gasteiger partial charge is 0.485 e. The fraction of sp³-hybridized carbons (Fsp3) is 0.167. The first-order valence-corrected chi connectivity index (χ1v) is 8.75. The maximum absolute atomic E-state index is 12.9. The van der Waals surface area contributed by atoms with E-state index in [0.717, 1.165) is 18.2 Å². The lowest BCUT2D eigenvalue weighted by Crippen LogP contribution is -2.12. The lowest BCUT2D eigenvalue weighted by atomic mass is 10.1. The van der Waals surface area contributed by atoms with Crippen LogP contribution in [0.25, 0.3) is 11.4 Å². The van der Waals surface area contributed by atoms with Crippen molar-refractivity contribution in [2.24, 2.45) is 0 Å². The maximum atomic E-state index is 12.9. The van der Waals surface area contributed by atoms with E-state index in [4.69, 9.17) is 27.9 Å². The molecule has 0 fully saturated rings. The Balaban J connectivity index is 1.65. The highest BCUT2D eigenvalue weighted by molar-refractivity contribution is 6.31. The van der Waals surface area contributed by atoms with Gasteiger partial charge in [-0.2, -0.15) is 26.9 Å². The Hall–Kier alpha value is -2.72. The van der Waals surface area contributed by atoms with Crippen molar-refractivity contribution in [3.8, 4) is 17.1 Å². The summed E-state index contributed by atoms with van der Waals surface area (Å²) in [5.41, 5.74) is -0.531. The van der Waals surface area contributed by atoms with E-state index in [-0.39, 0.29) is 22.7 Å². The zero-order chi connectivity index (χ0) is 22.1. The van der Waals surface area contributed by atoms with E-state index < -0.39 is 40.4 Å². The minimum Gasteiger partial charge on any atom is -0.485 e. The van der Waals surface area contributed by atoms with Gasteiger partial charge in [0.2, 0.25) is 5.82 Å². The number of hydrogen-bond acceptors (Lipinski definition) is 5. The lowest BCUT2D eigenvalue weighted by Gasteiger charge is -2.11. The zero-order valence-corrected chi connectivity index (χ0v) is 16.0. The minimum atomic E-state index is -4.60. The van der Waals surface area contributed by atoms with E-state index in [0.29, 0.717) is 0 Å². The molecule has 0 N–H and O–H groups in total. The van der Waals surface area contributed by atoms with Gasteiger partial charge in [-0.1, -0.05) is 41.0 Å². The van der Waals surface area contributed by atoms with Crippen LogP contribution < -0.4 is 4.74 Å². The van der Waals surface area contributed by atoms with Crippen LogP contribution in [0.1, 0.15) is 21.8 Å². The topological polar surface area (TPSA) is 65.2 Å². The molecule has 0 atom stereocenters. The van der Waals surface area contributed by atoms with Crippen molar-refractivity contribution in [2.45, 2.75) is 11.6 Å². The second-order valence-corrected chi connectivity index (χ2v) is 6.73. The van der Waals surface area contributed by atoms with Crippen LogP contribution in [-0.2, 0) is 11.6 Å². The summed E-state index contributed by atoms with van der Waals surface area (Å²) in [5, 5.41) is -0.979. The number of carbonyl (C=O) groups is 1. The SMILES string of the molecule is O=C(COc1ccc(C(F)(F)F)c(Cl)c1)c1ccc(-c2noc(C(F)(F)Cl)n2)cc1. The van der Waals surface area contributed by atoms with Crippen molar-refractivity contribution in [1.29, 1.82) is 0 Å². The summed E-state index contributed by atoms with van der Waals surface area (Å²) in [6.45, 7) is -0.466. The molecule has 2 aromatic carbocycles. The fourth-order valence-corrected chi connectivity index (χ4v) is 2.66. The molecule has 0 radical (unpaired) electrons. The number of halogens is 7. The van der Waals surface area contributed by atoms with Crippen molar-refractivity contribution >= 4 is 29.0 Å². The molecule has 0 aliphatic carbocycles. The first-order valence-electron chi connectivity index (χ1n) is 7.99. The maximum Gasteiger partial charge on any atom is 0.417 e. The van der Waals surface area contributed by atoms with E-state index in [2.05, 4.69) is 14.7 Å². The van der Waals surface area contributed by atoms with E-state index >= 15 is 0 Å². The summed E-state index contributed by atoms with van der Waals surface area (Å²) < 4.78 is 73.5. The van der Waals surface area contributed by atoms with Crippen LogP contribution in [0.15, 0.2) is 47.0 Å². The number of benzene rings is 2. The summed E-state index contributed by atoms with van der Waals surface area (Å²) in [6, 6.07) is 8.28. The van der Waals surface area contributed by atoms with E-state index in [9.17, 15) is 26.7 Å². The molecule has 158 valence electrons. The molecule has 0 unspecified atom stereocenters. The smallest absolute Gasteiger partial charge is 0.417 e. The van der Waals surface area contributed by atoms with Gasteiger partial charge in [0.05, 0.1) is 10.6 Å². The molecule has 0 saturated carbocycles. The summed E-state index contributed by atoms with van der Waals surface area (Å²) in [4.78, 5) is 15.7. The second-order valence-electron chi connectivity index (χ2n) is 5.85. The summed E-state index contributed by atoms with van der Waals surface area (Å²) in [6.07, 6.45) is -4.60. The van der Waals surface area contributed by atoms with Crippen molar-refractivity contribution in [3.63, 3.8) is 0 Å². The normalized spacial score (nSPS) is 12.1. The number of ketones is 1. The molecular formula is C18H9Cl2F5N2O3. The zero-order valence-electron chi connectivity index (χ0n) is 14.5. The highest BCUT2D eigenvalue weighted by atomic mass is 35.5. The number of ether oxygens (including phenoxy) is 1. The third-order valence-corrected chi connectivity index (χ3v) is 4.22. The number of alkyl halides is 6. The highest BCUT2D eigenvalue weighted by Crippen LogP contribution is 2.36. The quantitative estimate of drug-likeness (QED) is 0.254. The van der Waals surface area contributed by atoms with Crippen molar-refractivity contribution in [1.82, 2.24) is 10.1 Å². The molecule has 3 aromatic rings. The molecule has 3 rings (SSSR count). The van der Waals surface area contributed by atoms with Crippen molar-refractivity contribution in [2.75, 3.05) is 6.61 Å². The fourth-order valence-electron chi connectivity index (χ4n) is 2.31. The Morgan fingerprint density at radius 1 is 1.07 bits per heavy atom. The standard InChI is InChI=1S/C18H9Cl2F5N2O3/c19-13-7-11(5-6-12(13)18(23,24)25)29-8-14(28)9-1-3-10(4-2-9)15-26-16(30-27-15)17(20,21)22/h1-7H,8H2. The van der Waals surface area contributed by atoms with Gasteiger partial charge < -0.3 is 9.26 Å². The van der Waals surface area contributed by atoms with E-state index in [1.807, 2.05) is 0 Å². The van der Waals surface area contributed by atoms with Gasteiger partial charge in [-0.15, -0.1) is 0 Å². The minimum absolute atomic E-state index is 0.0145. The summed E-state index contributed by atoms with van der Waals surface area (Å²) >= 11 is 10.4. The van der Waals surface area contributed by atoms with Gasteiger partial charge >= 0.3 is 17.4 Å². The molecule has 0 aliphatic rings. The number of Topliss-reactive ketones (excluding diaryl/α,β-unsaturated/α-hetero) is 1. The third kappa shape index (κ3) is 5.06. The average Bonchev–Trinajstić information content (AvgIpc) is 3.16. The van der Waals surface area contributed by atoms with E-state index in [1.54, 1.807) is 0 Å². The van der Waals surface area contributed by atoms with Crippen LogP contribution in [0.5, 0.6) is 5.75 Å². The molecule has 0 amide bonds. The number of aromatic nitrogens is 2. The molecule has 30 heavy (non-hydrogen) atoms. The van der Waals surface area contributed by atoms with E-state index in [1.165, 1.54) is 24.3 Å². The van der Waals surface area contributed by atoms with Crippen LogP contribution in [0, 0.1) is 0 Å². The Kier molecular flexibility index (Phi) is 6.00. The molecule has 5 nitrogen and oxygen atoms in total. The summed E-state index contributed by atoms with van der Waals surface area (Å²) in [7, 11) is 0. The van der Waals surface area contributed by atoms with Gasteiger partial charge in [0, 0.05) is 11.1 Å². The predicted molar refractivity (Wildman–Crippen MR) is 95.8 cm³/mol. The first-order chi connectivity index (χ1) is 13.9. The van der Waals surface area contributed by atoms with Crippen LogP contribution in [0.3, 0.4) is 0 Å². The highest BCUT2D eigenvalue weighted by Gasteiger charge is 2.36. The van der Waals surface area contributed by atoms with Crippen molar-refractivity contribution in [3.05, 3.63) is 64.5 Å². The Morgan fingerprint density at radius 2 is 1.73 bits per heavy atom. The third-order valence-electron chi connectivity index (χ3n) is 3.75. The van der Waals surface area contributed by atoms with Crippen LogP contribution in [0.4, 0.5) is 22.0 Å². The number of rotatable bonds is 6. The number of nitrogens with zero attached hydrogens (tertiary/aromatic N) is 2. The number of carbonyl (C=O) groups excluding carboxylic acids is 1. The molecule has 0 spiro atoms. The second kappa shape index (κ2) is 8.19. The monoisotopic (exact) mass is 466 g/mol. The Morgan fingerprint density at radius 3 is 2.27 bits per heavy atom. The van der Waals surface area contributed by atoms with Gasteiger partial charge in [0.25, 0.3) is 0 Å². The van der Waals surface area contributed by atoms with Crippen LogP contribution >= 0.6 is 23.2 Å². The molecule has 0 bridgehead atoms. The van der Waals surface area contributed by atoms with Gasteiger partial charge in [-0.3, -0.25) is 4.79 Å². The molecule has 12 heteroatoms. The number of hydrogen-bond donors (Lipinski definition) is 0. The molecule has 1 aromatic heterocycles. The molecule has 1 heterocycles.